The Morgan fingerprint density at radius 3 is 2.42 bits per heavy atom. The molecule has 0 aromatic rings. The van der Waals surface area contributed by atoms with Crippen LogP contribution in [0.1, 0.15) is 39.5 Å². The van der Waals surface area contributed by atoms with Crippen LogP contribution in [0.4, 0.5) is 13.2 Å². The van der Waals surface area contributed by atoms with Crippen LogP contribution in [0.25, 0.3) is 0 Å². The molecule has 1 aliphatic carbocycles. The Balaban J connectivity index is 1.84. The van der Waals surface area contributed by atoms with Gasteiger partial charge in [0, 0.05) is 12.6 Å². The van der Waals surface area contributed by atoms with E-state index in [-0.39, 0.29) is 0 Å². The molecule has 1 aliphatic heterocycles. The topological polar surface area (TPSA) is 23.5 Å². The third-order valence-electron chi connectivity index (χ3n) is 4.82. The maximum absolute atomic E-state index is 12.6. The van der Waals surface area contributed by atoms with Crippen molar-refractivity contribution in [1.29, 1.82) is 0 Å². The molecule has 2 aliphatic rings. The minimum absolute atomic E-state index is 0.459. The van der Waals surface area contributed by atoms with Crippen LogP contribution >= 0.6 is 0 Å². The Labute approximate surface area is 113 Å². The SMILES string of the molecule is CC(C)C1CC(CN2CCC[C@H]2[C@H](O)C(F)(F)F)C1. The summed E-state index contributed by atoms with van der Waals surface area (Å²) in [5.74, 6) is 1.93. The standard InChI is InChI=1S/C14H24F3NO/c1-9(2)11-6-10(7-11)8-18-5-3-4-12(18)13(19)14(15,16)17/h9-13,19H,3-8H2,1-2H3/t10?,11?,12-,13-/m0/s1. The molecule has 0 bridgehead atoms. The van der Waals surface area contributed by atoms with E-state index in [1.54, 1.807) is 0 Å². The molecule has 1 saturated carbocycles. The Hall–Kier alpha value is -0.290. The quantitative estimate of drug-likeness (QED) is 0.855. The molecule has 0 aromatic heterocycles. The minimum Gasteiger partial charge on any atom is -0.382 e. The molecule has 0 amide bonds. The van der Waals surface area contributed by atoms with Crippen LogP contribution < -0.4 is 0 Å². The van der Waals surface area contributed by atoms with Gasteiger partial charge in [-0.25, -0.2) is 0 Å². The van der Waals surface area contributed by atoms with E-state index in [1.807, 2.05) is 4.90 Å². The van der Waals surface area contributed by atoms with Gasteiger partial charge in [-0.1, -0.05) is 13.8 Å². The molecule has 1 N–H and O–H groups in total. The number of nitrogens with zero attached hydrogens (tertiary/aromatic N) is 1. The lowest BCUT2D eigenvalue weighted by atomic mass is 9.69. The highest BCUT2D eigenvalue weighted by atomic mass is 19.4. The summed E-state index contributed by atoms with van der Waals surface area (Å²) in [7, 11) is 0. The summed E-state index contributed by atoms with van der Waals surface area (Å²) in [6.45, 7) is 5.82. The number of rotatable bonds is 4. The van der Waals surface area contributed by atoms with Gasteiger partial charge < -0.3 is 5.11 Å². The van der Waals surface area contributed by atoms with Crippen molar-refractivity contribution in [1.82, 2.24) is 4.90 Å². The first-order chi connectivity index (χ1) is 8.79. The fourth-order valence-corrected chi connectivity index (χ4v) is 3.47. The number of hydrogen-bond acceptors (Lipinski definition) is 2. The molecule has 112 valence electrons. The first-order valence-corrected chi connectivity index (χ1v) is 7.28. The van der Waals surface area contributed by atoms with E-state index in [1.165, 1.54) is 0 Å². The van der Waals surface area contributed by atoms with Crippen molar-refractivity contribution in [3.63, 3.8) is 0 Å². The van der Waals surface area contributed by atoms with Crippen molar-refractivity contribution in [3.05, 3.63) is 0 Å². The smallest absolute Gasteiger partial charge is 0.382 e. The fourth-order valence-electron chi connectivity index (χ4n) is 3.47. The molecule has 1 saturated heterocycles. The lowest BCUT2D eigenvalue weighted by Gasteiger charge is -2.41. The van der Waals surface area contributed by atoms with Gasteiger partial charge in [0.25, 0.3) is 0 Å². The van der Waals surface area contributed by atoms with Gasteiger partial charge in [-0.15, -0.1) is 0 Å². The van der Waals surface area contributed by atoms with Gasteiger partial charge in [0.2, 0.25) is 0 Å². The van der Waals surface area contributed by atoms with Crippen molar-refractivity contribution in [3.8, 4) is 0 Å². The van der Waals surface area contributed by atoms with Crippen molar-refractivity contribution in [2.45, 2.75) is 57.9 Å². The molecular formula is C14H24F3NO. The first kappa shape index (κ1) is 15.1. The van der Waals surface area contributed by atoms with Gasteiger partial charge in [0.15, 0.2) is 6.10 Å². The summed E-state index contributed by atoms with van der Waals surface area (Å²) in [6.07, 6.45) is -3.20. The summed E-state index contributed by atoms with van der Waals surface area (Å²) in [5, 5.41) is 9.43. The lowest BCUT2D eigenvalue weighted by Crippen LogP contribution is -2.49. The summed E-state index contributed by atoms with van der Waals surface area (Å²) < 4.78 is 37.8. The Morgan fingerprint density at radius 1 is 1.26 bits per heavy atom. The van der Waals surface area contributed by atoms with Crippen molar-refractivity contribution >= 4 is 0 Å². The van der Waals surface area contributed by atoms with Crippen LogP contribution in [0, 0.1) is 17.8 Å². The van der Waals surface area contributed by atoms with E-state index in [9.17, 15) is 18.3 Å². The third kappa shape index (κ3) is 3.43. The molecule has 5 heteroatoms. The largest absolute Gasteiger partial charge is 0.415 e. The normalized spacial score (nSPS) is 34.6. The maximum Gasteiger partial charge on any atom is 0.415 e. The maximum atomic E-state index is 12.6. The van der Waals surface area contributed by atoms with Crippen LogP contribution in [-0.4, -0.2) is 41.4 Å². The second-order valence-corrected chi connectivity index (χ2v) is 6.53. The number of likely N-dealkylation sites (tertiary alicyclic amines) is 1. The number of alkyl halides is 3. The average molecular weight is 279 g/mol. The molecule has 0 unspecified atom stereocenters. The summed E-state index contributed by atoms with van der Waals surface area (Å²) in [6, 6.07) is -0.724. The third-order valence-corrected chi connectivity index (χ3v) is 4.82. The van der Waals surface area contributed by atoms with Gasteiger partial charge in [-0.05, 0) is 50.0 Å². The van der Waals surface area contributed by atoms with E-state index in [0.29, 0.717) is 24.8 Å². The van der Waals surface area contributed by atoms with Gasteiger partial charge in [0.05, 0.1) is 0 Å². The predicted octanol–water partition coefficient (Wildman–Crippen LogP) is 3.06. The molecule has 2 fully saturated rings. The van der Waals surface area contributed by atoms with Crippen LogP contribution in [0.3, 0.4) is 0 Å². The van der Waals surface area contributed by atoms with Crippen LogP contribution in [0.5, 0.6) is 0 Å². The van der Waals surface area contributed by atoms with E-state index in [0.717, 1.165) is 31.7 Å². The number of hydrogen-bond donors (Lipinski definition) is 1. The van der Waals surface area contributed by atoms with Gasteiger partial charge >= 0.3 is 6.18 Å². The fraction of sp³-hybridized carbons (Fsp3) is 1.00. The van der Waals surface area contributed by atoms with E-state index >= 15 is 0 Å². The molecule has 2 nitrogen and oxygen atoms in total. The summed E-state index contributed by atoms with van der Waals surface area (Å²) in [5.41, 5.74) is 0. The molecule has 2 atom stereocenters. The van der Waals surface area contributed by atoms with E-state index in [2.05, 4.69) is 13.8 Å². The molecule has 0 aromatic carbocycles. The van der Waals surface area contributed by atoms with E-state index in [4.69, 9.17) is 0 Å². The van der Waals surface area contributed by atoms with Crippen LogP contribution in [0.15, 0.2) is 0 Å². The molecular weight excluding hydrogens is 255 g/mol. The number of halogens is 3. The second-order valence-electron chi connectivity index (χ2n) is 6.53. The highest BCUT2D eigenvalue weighted by Gasteiger charge is 2.47. The lowest BCUT2D eigenvalue weighted by molar-refractivity contribution is -0.219. The van der Waals surface area contributed by atoms with Gasteiger partial charge in [-0.2, -0.15) is 13.2 Å². The first-order valence-electron chi connectivity index (χ1n) is 7.28. The van der Waals surface area contributed by atoms with Crippen LogP contribution in [0.2, 0.25) is 0 Å². The molecule has 19 heavy (non-hydrogen) atoms. The van der Waals surface area contributed by atoms with Crippen molar-refractivity contribution in [2.75, 3.05) is 13.1 Å². The molecule has 1 heterocycles. The highest BCUT2D eigenvalue weighted by molar-refractivity contribution is 4.92. The van der Waals surface area contributed by atoms with E-state index < -0.39 is 18.3 Å². The summed E-state index contributed by atoms with van der Waals surface area (Å²) in [4.78, 5) is 1.86. The zero-order chi connectivity index (χ0) is 14.2. The average Bonchev–Trinajstić information content (AvgIpc) is 2.67. The van der Waals surface area contributed by atoms with Crippen LogP contribution in [-0.2, 0) is 0 Å². The summed E-state index contributed by atoms with van der Waals surface area (Å²) >= 11 is 0. The zero-order valence-electron chi connectivity index (χ0n) is 11.7. The second kappa shape index (κ2) is 5.60. The van der Waals surface area contributed by atoms with Gasteiger partial charge in [-0.3, -0.25) is 4.90 Å². The Morgan fingerprint density at radius 2 is 1.89 bits per heavy atom. The Bertz CT molecular complexity index is 300. The Kier molecular flexibility index (Phi) is 4.45. The zero-order valence-corrected chi connectivity index (χ0v) is 11.7. The van der Waals surface area contributed by atoms with Crippen molar-refractivity contribution in [2.24, 2.45) is 17.8 Å². The van der Waals surface area contributed by atoms with Crippen molar-refractivity contribution < 1.29 is 18.3 Å². The molecule has 0 radical (unpaired) electrons. The highest BCUT2D eigenvalue weighted by Crippen LogP contribution is 2.40. The number of aliphatic hydroxyl groups excluding tert-OH is 1. The molecule has 2 rings (SSSR count). The number of aliphatic hydroxyl groups is 1. The van der Waals surface area contributed by atoms with Gasteiger partial charge in [0.1, 0.15) is 0 Å². The monoisotopic (exact) mass is 279 g/mol. The molecule has 0 spiro atoms. The predicted molar refractivity (Wildman–Crippen MR) is 67.7 cm³/mol. The minimum atomic E-state index is -4.49.